The van der Waals surface area contributed by atoms with Gasteiger partial charge < -0.3 is 0 Å². The first-order valence-corrected chi connectivity index (χ1v) is 4.37. The van der Waals surface area contributed by atoms with Crippen LogP contribution in [0.15, 0.2) is 29.2 Å². The van der Waals surface area contributed by atoms with Crippen LogP contribution in [0, 0.1) is 6.92 Å². The van der Waals surface area contributed by atoms with E-state index in [0.29, 0.717) is 5.65 Å². The lowest BCUT2D eigenvalue weighted by Gasteiger charge is -2.06. The molecular weight excluding hydrogens is 202 g/mol. The van der Waals surface area contributed by atoms with Crippen molar-refractivity contribution in [3.05, 3.63) is 46.0 Å². The number of fused-ring (bicyclic) bond motifs is 1. The highest BCUT2D eigenvalue weighted by molar-refractivity contribution is 5.40. The van der Waals surface area contributed by atoms with Crippen LogP contribution in [-0.4, -0.2) is 9.38 Å². The number of hydrogen-bond donors (Lipinski definition) is 0. The molecule has 5 heteroatoms. The number of aromatic nitrogens is 2. The molecule has 78 valence electrons. The molecule has 0 aliphatic heterocycles. The SMILES string of the molecule is Cc1nc2ccccn2c(=O)c1C(F)F. The fourth-order valence-corrected chi connectivity index (χ4v) is 1.46. The van der Waals surface area contributed by atoms with Gasteiger partial charge in [-0.2, -0.15) is 0 Å². The molecule has 3 nitrogen and oxygen atoms in total. The van der Waals surface area contributed by atoms with Crippen LogP contribution in [0.3, 0.4) is 0 Å². The van der Waals surface area contributed by atoms with Gasteiger partial charge in [-0.05, 0) is 19.1 Å². The summed E-state index contributed by atoms with van der Waals surface area (Å²) < 4.78 is 26.2. The summed E-state index contributed by atoms with van der Waals surface area (Å²) >= 11 is 0. The summed E-state index contributed by atoms with van der Waals surface area (Å²) in [5.74, 6) is 0. The van der Waals surface area contributed by atoms with E-state index in [9.17, 15) is 13.6 Å². The first-order valence-electron chi connectivity index (χ1n) is 4.37. The Morgan fingerprint density at radius 3 is 2.80 bits per heavy atom. The van der Waals surface area contributed by atoms with Gasteiger partial charge in [0.25, 0.3) is 12.0 Å². The normalized spacial score (nSPS) is 11.2. The fourth-order valence-electron chi connectivity index (χ4n) is 1.46. The monoisotopic (exact) mass is 210 g/mol. The second-order valence-corrected chi connectivity index (χ2v) is 3.15. The van der Waals surface area contributed by atoms with Crippen LogP contribution in [0.4, 0.5) is 8.78 Å². The molecule has 0 fully saturated rings. The largest absolute Gasteiger partial charge is 0.270 e. The van der Waals surface area contributed by atoms with Crippen molar-refractivity contribution < 1.29 is 8.78 Å². The molecule has 0 bridgehead atoms. The van der Waals surface area contributed by atoms with Gasteiger partial charge in [-0.1, -0.05) is 6.07 Å². The minimum atomic E-state index is -2.79. The Bertz CT molecular complexity index is 563. The van der Waals surface area contributed by atoms with Crippen molar-refractivity contribution in [3.63, 3.8) is 0 Å². The quantitative estimate of drug-likeness (QED) is 0.720. The molecule has 0 N–H and O–H groups in total. The fraction of sp³-hybridized carbons (Fsp3) is 0.200. The molecule has 0 unspecified atom stereocenters. The number of hydrogen-bond acceptors (Lipinski definition) is 2. The number of pyridine rings is 1. The van der Waals surface area contributed by atoms with Gasteiger partial charge in [-0.3, -0.25) is 9.20 Å². The molecule has 0 aliphatic carbocycles. The Morgan fingerprint density at radius 2 is 2.13 bits per heavy atom. The van der Waals surface area contributed by atoms with E-state index in [4.69, 9.17) is 0 Å². The van der Waals surface area contributed by atoms with Crippen LogP contribution in [0.2, 0.25) is 0 Å². The van der Waals surface area contributed by atoms with E-state index in [2.05, 4.69) is 4.98 Å². The molecule has 0 amide bonds. The predicted octanol–water partition coefficient (Wildman–Crippen LogP) is 1.94. The molecular formula is C10H8F2N2O. The van der Waals surface area contributed by atoms with Crippen molar-refractivity contribution in [2.45, 2.75) is 13.3 Å². The zero-order valence-corrected chi connectivity index (χ0v) is 7.95. The third kappa shape index (κ3) is 1.49. The van der Waals surface area contributed by atoms with E-state index >= 15 is 0 Å². The lowest BCUT2D eigenvalue weighted by Crippen LogP contribution is -2.21. The third-order valence-electron chi connectivity index (χ3n) is 2.18. The molecule has 0 spiro atoms. The predicted molar refractivity (Wildman–Crippen MR) is 51.2 cm³/mol. The van der Waals surface area contributed by atoms with E-state index < -0.39 is 17.5 Å². The van der Waals surface area contributed by atoms with E-state index in [1.807, 2.05) is 0 Å². The zero-order valence-electron chi connectivity index (χ0n) is 7.95. The number of alkyl halides is 2. The standard InChI is InChI=1S/C10H8F2N2O/c1-6-8(9(11)12)10(15)14-5-3-2-4-7(14)13-6/h2-5,9H,1H3. The van der Waals surface area contributed by atoms with Crippen LogP contribution < -0.4 is 5.56 Å². The van der Waals surface area contributed by atoms with Gasteiger partial charge in [0.15, 0.2) is 0 Å². The average Bonchev–Trinajstić information content (AvgIpc) is 2.17. The van der Waals surface area contributed by atoms with E-state index in [-0.39, 0.29) is 5.69 Å². The molecule has 2 aromatic heterocycles. The van der Waals surface area contributed by atoms with Gasteiger partial charge >= 0.3 is 0 Å². The summed E-state index contributed by atoms with van der Waals surface area (Å²) in [6.45, 7) is 1.41. The van der Waals surface area contributed by atoms with Crippen LogP contribution in [0.1, 0.15) is 17.7 Å². The maximum absolute atomic E-state index is 12.6. The first-order chi connectivity index (χ1) is 7.11. The van der Waals surface area contributed by atoms with Crippen LogP contribution in [-0.2, 0) is 0 Å². The van der Waals surface area contributed by atoms with Crippen molar-refractivity contribution in [1.29, 1.82) is 0 Å². The van der Waals surface area contributed by atoms with Crippen molar-refractivity contribution in [1.82, 2.24) is 9.38 Å². The summed E-state index contributed by atoms with van der Waals surface area (Å²) in [5.41, 5.74) is -0.766. The molecule has 0 aliphatic rings. The second-order valence-electron chi connectivity index (χ2n) is 3.15. The lowest BCUT2D eigenvalue weighted by molar-refractivity contribution is 0.148. The first kappa shape index (κ1) is 9.76. The van der Waals surface area contributed by atoms with Gasteiger partial charge in [-0.15, -0.1) is 0 Å². The molecule has 2 rings (SSSR count). The summed E-state index contributed by atoms with van der Waals surface area (Å²) in [7, 11) is 0. The van der Waals surface area contributed by atoms with E-state index in [1.54, 1.807) is 18.2 Å². The van der Waals surface area contributed by atoms with Crippen molar-refractivity contribution >= 4 is 5.65 Å². The Hall–Kier alpha value is -1.78. The molecule has 2 aromatic rings. The van der Waals surface area contributed by atoms with Gasteiger partial charge in [0.2, 0.25) is 0 Å². The van der Waals surface area contributed by atoms with Crippen LogP contribution >= 0.6 is 0 Å². The van der Waals surface area contributed by atoms with Crippen molar-refractivity contribution in [2.75, 3.05) is 0 Å². The molecule has 2 heterocycles. The molecule has 0 saturated carbocycles. The second kappa shape index (κ2) is 3.42. The van der Waals surface area contributed by atoms with Crippen molar-refractivity contribution in [2.24, 2.45) is 0 Å². The van der Waals surface area contributed by atoms with Gasteiger partial charge in [-0.25, -0.2) is 13.8 Å². The summed E-state index contributed by atoms with van der Waals surface area (Å²) in [6.07, 6.45) is -1.36. The van der Waals surface area contributed by atoms with E-state index in [1.165, 1.54) is 13.1 Å². The summed E-state index contributed by atoms with van der Waals surface area (Å²) in [5, 5.41) is 0. The average molecular weight is 210 g/mol. The molecule has 0 atom stereocenters. The molecule has 0 aromatic carbocycles. The summed E-state index contributed by atoms with van der Waals surface area (Å²) in [6, 6.07) is 4.90. The maximum atomic E-state index is 12.6. The number of rotatable bonds is 1. The Kier molecular flexibility index (Phi) is 2.22. The van der Waals surface area contributed by atoms with Gasteiger partial charge in [0.1, 0.15) is 11.2 Å². The van der Waals surface area contributed by atoms with Crippen LogP contribution in [0.25, 0.3) is 5.65 Å². The number of aryl methyl sites for hydroxylation is 1. The minimum absolute atomic E-state index is 0.0844. The minimum Gasteiger partial charge on any atom is -0.268 e. The number of nitrogens with zero attached hydrogens (tertiary/aromatic N) is 2. The molecule has 0 saturated heterocycles. The van der Waals surface area contributed by atoms with Crippen LogP contribution in [0.5, 0.6) is 0 Å². The van der Waals surface area contributed by atoms with Gasteiger partial charge in [0, 0.05) is 6.20 Å². The third-order valence-corrected chi connectivity index (χ3v) is 2.18. The number of halogens is 2. The molecule has 0 radical (unpaired) electrons. The highest BCUT2D eigenvalue weighted by atomic mass is 19.3. The highest BCUT2D eigenvalue weighted by Crippen LogP contribution is 2.17. The zero-order chi connectivity index (χ0) is 11.0. The van der Waals surface area contributed by atoms with Gasteiger partial charge in [0.05, 0.1) is 5.69 Å². The van der Waals surface area contributed by atoms with Crippen molar-refractivity contribution in [3.8, 4) is 0 Å². The Balaban J connectivity index is 2.91. The molecule has 15 heavy (non-hydrogen) atoms. The maximum Gasteiger partial charge on any atom is 0.270 e. The topological polar surface area (TPSA) is 34.4 Å². The smallest absolute Gasteiger partial charge is 0.268 e. The summed E-state index contributed by atoms with van der Waals surface area (Å²) in [4.78, 5) is 15.6. The lowest BCUT2D eigenvalue weighted by atomic mass is 10.2. The highest BCUT2D eigenvalue weighted by Gasteiger charge is 2.18. The Morgan fingerprint density at radius 1 is 1.40 bits per heavy atom. The van der Waals surface area contributed by atoms with E-state index in [0.717, 1.165) is 4.40 Å². The Labute approximate surface area is 84.0 Å².